The number of aromatic nitrogens is 3. The molecule has 2 atom stereocenters. The number of nitriles is 1. The van der Waals surface area contributed by atoms with E-state index in [0.717, 1.165) is 24.7 Å². The predicted molar refractivity (Wildman–Crippen MR) is 224 cm³/mol. The first-order chi connectivity index (χ1) is 29.8. The summed E-state index contributed by atoms with van der Waals surface area (Å²) in [6, 6.07) is 19.0. The Morgan fingerprint density at radius 2 is 1.55 bits per heavy atom. The molecular formula is C45H45ClF5N7O4. The molecule has 11 nitrogen and oxygen atoms in total. The second-order valence-corrected chi connectivity index (χ2v) is 16.4. The number of halogens is 6. The van der Waals surface area contributed by atoms with Crippen molar-refractivity contribution >= 4 is 34.1 Å². The van der Waals surface area contributed by atoms with Crippen LogP contribution in [0.3, 0.4) is 0 Å². The van der Waals surface area contributed by atoms with Crippen LogP contribution < -0.4 is 28.7 Å². The number of rotatable bonds is 13. The van der Waals surface area contributed by atoms with Crippen molar-refractivity contribution in [2.75, 3.05) is 63.9 Å². The van der Waals surface area contributed by atoms with Crippen LogP contribution in [0.15, 0.2) is 60.7 Å². The fraction of sp³-hybridized carbons (Fsp3) is 0.422. The molecule has 3 aliphatic rings. The third-order valence-electron chi connectivity index (χ3n) is 12.1. The summed E-state index contributed by atoms with van der Waals surface area (Å²) >= 11 is 6.91. The van der Waals surface area contributed by atoms with E-state index in [4.69, 9.17) is 35.5 Å². The van der Waals surface area contributed by atoms with E-state index in [1.165, 1.54) is 12.1 Å². The fourth-order valence-electron chi connectivity index (χ4n) is 8.96. The number of pyridine rings is 1. The summed E-state index contributed by atoms with van der Waals surface area (Å²) < 4.78 is 101. The molecule has 2 aromatic heterocycles. The van der Waals surface area contributed by atoms with Crippen molar-refractivity contribution in [1.82, 2.24) is 19.9 Å². The number of methoxy groups -OCH3 is 3. The van der Waals surface area contributed by atoms with Gasteiger partial charge in [0.25, 0.3) is 0 Å². The van der Waals surface area contributed by atoms with Crippen molar-refractivity contribution < 1.29 is 40.9 Å². The van der Waals surface area contributed by atoms with E-state index < -0.39 is 46.3 Å². The van der Waals surface area contributed by atoms with Crippen LogP contribution in [-0.4, -0.2) is 85.7 Å². The molecule has 0 N–H and O–H groups in total. The van der Waals surface area contributed by atoms with Gasteiger partial charge in [-0.2, -0.15) is 28.4 Å². The van der Waals surface area contributed by atoms with Crippen LogP contribution in [0.1, 0.15) is 48.8 Å². The number of hydrogen-bond donors (Lipinski definition) is 0. The Labute approximate surface area is 360 Å². The van der Waals surface area contributed by atoms with E-state index in [2.05, 4.69) is 20.9 Å². The Hall–Kier alpha value is -5.66. The second kappa shape index (κ2) is 17.6. The number of alkyl halides is 4. The second-order valence-electron chi connectivity index (χ2n) is 16.0. The van der Waals surface area contributed by atoms with Crippen molar-refractivity contribution in [1.29, 1.82) is 5.26 Å². The van der Waals surface area contributed by atoms with Gasteiger partial charge in [-0.15, -0.1) is 0 Å². The Morgan fingerprint density at radius 3 is 2.13 bits per heavy atom. The number of fused-ring (bicyclic) bond motifs is 2. The Balaban J connectivity index is 1.28. The molecule has 326 valence electrons. The molecule has 3 fully saturated rings. The fourth-order valence-corrected chi connectivity index (χ4v) is 9.24. The number of benzene rings is 3. The molecule has 0 bridgehead atoms. The highest BCUT2D eigenvalue weighted by molar-refractivity contribution is 6.34. The molecule has 0 saturated carbocycles. The number of ether oxygens (including phenoxy) is 4. The monoisotopic (exact) mass is 877 g/mol. The highest BCUT2D eigenvalue weighted by Crippen LogP contribution is 2.48. The van der Waals surface area contributed by atoms with Gasteiger partial charge < -0.3 is 28.7 Å². The molecular weight excluding hydrogens is 833 g/mol. The first-order valence-corrected chi connectivity index (χ1v) is 20.7. The third-order valence-corrected chi connectivity index (χ3v) is 12.4. The van der Waals surface area contributed by atoms with Crippen molar-refractivity contribution in [2.24, 2.45) is 5.92 Å². The Morgan fingerprint density at radius 1 is 0.903 bits per heavy atom. The lowest BCUT2D eigenvalue weighted by Gasteiger charge is -2.32. The Bertz CT molecular complexity index is 2410. The van der Waals surface area contributed by atoms with E-state index in [9.17, 15) is 9.65 Å². The standard InChI is InChI=1S/C45H45ClF5N7O4/c1-59-31-9-5-28(6-10-31)23-57(24-29-7-11-32(60-2)12-8-29)36-20-35(61-3)38(45(49,50)51)41(53-36)37-34(46)19-33-40(39(37)48)54-43(55-42(33)56-17-13-27(22-52)14-18-56)62-26-44-15-4-16-58(44)25-30(47)21-44/h5-12,19-20,27,30H,4,13-18,21,23-26H2,1-3H3/t30-,44+/m1/s1. The van der Waals surface area contributed by atoms with E-state index in [-0.39, 0.29) is 72.2 Å². The highest BCUT2D eigenvalue weighted by atomic mass is 35.5. The lowest BCUT2D eigenvalue weighted by Crippen LogP contribution is -2.43. The summed E-state index contributed by atoms with van der Waals surface area (Å²) in [5, 5.41) is 9.35. The highest BCUT2D eigenvalue weighted by Gasteiger charge is 2.49. The molecule has 62 heavy (non-hydrogen) atoms. The van der Waals surface area contributed by atoms with Gasteiger partial charge in [0.1, 0.15) is 52.7 Å². The summed E-state index contributed by atoms with van der Waals surface area (Å²) in [6.45, 7) is 2.17. The van der Waals surface area contributed by atoms with Gasteiger partial charge in [0, 0.05) is 56.5 Å². The number of anilines is 2. The maximum Gasteiger partial charge on any atom is 0.422 e. The SMILES string of the molecule is COc1ccc(CN(Cc2ccc(OC)cc2)c2cc(OC)c(C(F)(F)F)c(-c3c(Cl)cc4c(N5CCC(C#N)CC5)nc(OC[C@@]56CCCN5C[C@H](F)C6)nc4c3F)n2)cc1. The summed E-state index contributed by atoms with van der Waals surface area (Å²) in [7, 11) is 4.19. The average molecular weight is 878 g/mol. The topological polar surface area (TPSA) is 109 Å². The maximum atomic E-state index is 17.6. The zero-order valence-electron chi connectivity index (χ0n) is 34.4. The zero-order chi connectivity index (χ0) is 43.8. The minimum Gasteiger partial charge on any atom is -0.497 e. The molecule has 3 saturated heterocycles. The normalized spacial score (nSPS) is 19.4. The minimum absolute atomic E-state index is 0.0359. The van der Waals surface area contributed by atoms with Gasteiger partial charge in [0.2, 0.25) is 0 Å². The zero-order valence-corrected chi connectivity index (χ0v) is 35.2. The molecule has 3 aromatic carbocycles. The van der Waals surface area contributed by atoms with E-state index in [0.29, 0.717) is 50.4 Å². The van der Waals surface area contributed by atoms with Crippen LogP contribution in [0.2, 0.25) is 5.02 Å². The van der Waals surface area contributed by atoms with Crippen LogP contribution in [0.25, 0.3) is 22.2 Å². The summed E-state index contributed by atoms with van der Waals surface area (Å²) in [5.74, 6) is -0.424. The predicted octanol–water partition coefficient (Wildman–Crippen LogP) is 9.43. The molecule has 0 spiro atoms. The smallest absolute Gasteiger partial charge is 0.422 e. The number of piperidine rings is 1. The van der Waals surface area contributed by atoms with Crippen LogP contribution >= 0.6 is 11.6 Å². The summed E-state index contributed by atoms with van der Waals surface area (Å²) in [4.78, 5) is 19.4. The molecule has 0 amide bonds. The number of hydrogen-bond acceptors (Lipinski definition) is 11. The van der Waals surface area contributed by atoms with E-state index in [1.54, 1.807) is 43.4 Å². The van der Waals surface area contributed by atoms with Gasteiger partial charge in [0.15, 0.2) is 5.82 Å². The molecule has 0 aliphatic carbocycles. The molecule has 8 rings (SSSR count). The van der Waals surface area contributed by atoms with Gasteiger partial charge in [-0.05, 0) is 73.7 Å². The first-order valence-electron chi connectivity index (χ1n) is 20.4. The lowest BCUT2D eigenvalue weighted by molar-refractivity contribution is -0.138. The quantitative estimate of drug-likeness (QED) is 0.106. The van der Waals surface area contributed by atoms with Crippen LogP contribution in [0, 0.1) is 23.1 Å². The van der Waals surface area contributed by atoms with Gasteiger partial charge in [-0.3, -0.25) is 4.90 Å². The largest absolute Gasteiger partial charge is 0.497 e. The van der Waals surface area contributed by atoms with Crippen molar-refractivity contribution in [3.05, 3.63) is 88.2 Å². The lowest BCUT2D eigenvalue weighted by atomic mass is 9.95. The van der Waals surface area contributed by atoms with E-state index in [1.807, 2.05) is 29.2 Å². The van der Waals surface area contributed by atoms with Crippen LogP contribution in [0.5, 0.6) is 23.3 Å². The summed E-state index contributed by atoms with van der Waals surface area (Å²) in [5.41, 5.74) is -2.13. The minimum atomic E-state index is -5.08. The molecule has 17 heteroatoms. The van der Waals surface area contributed by atoms with Crippen molar-refractivity contribution in [2.45, 2.75) is 63.1 Å². The third kappa shape index (κ3) is 8.57. The van der Waals surface area contributed by atoms with Gasteiger partial charge in [0.05, 0.1) is 49.2 Å². The maximum absolute atomic E-state index is 17.6. The van der Waals surface area contributed by atoms with Crippen molar-refractivity contribution in [3.63, 3.8) is 0 Å². The van der Waals surface area contributed by atoms with Gasteiger partial charge in [-0.25, -0.2) is 13.8 Å². The first kappa shape index (κ1) is 43.0. The van der Waals surface area contributed by atoms with Crippen LogP contribution in [0.4, 0.5) is 33.6 Å². The number of nitrogens with zero attached hydrogens (tertiary/aromatic N) is 7. The molecule has 3 aliphatic heterocycles. The van der Waals surface area contributed by atoms with Gasteiger partial charge in [-0.1, -0.05) is 35.9 Å². The molecule has 5 aromatic rings. The van der Waals surface area contributed by atoms with Crippen molar-refractivity contribution in [3.8, 4) is 40.6 Å². The van der Waals surface area contributed by atoms with E-state index >= 15 is 17.6 Å². The molecule has 0 radical (unpaired) electrons. The molecule has 0 unspecified atom stereocenters. The van der Waals surface area contributed by atoms with Gasteiger partial charge >= 0.3 is 12.2 Å². The molecule has 5 heterocycles. The summed E-state index contributed by atoms with van der Waals surface area (Å²) in [6.07, 6.45) is -3.26. The average Bonchev–Trinajstić information content (AvgIpc) is 3.80. The van der Waals surface area contributed by atoms with Crippen LogP contribution in [-0.2, 0) is 19.3 Å². The Kier molecular flexibility index (Phi) is 12.2.